The van der Waals surface area contributed by atoms with Crippen LogP contribution in [0, 0.1) is 17.7 Å². The number of nitrogens with zero attached hydrogens (tertiary/aromatic N) is 2. The molecule has 0 radical (unpaired) electrons. The molecule has 3 N–H and O–H groups in total. The number of anilines is 2. The predicted octanol–water partition coefficient (Wildman–Crippen LogP) is 4.30. The predicted molar refractivity (Wildman–Crippen MR) is 145 cm³/mol. The van der Waals surface area contributed by atoms with Gasteiger partial charge >= 0.3 is 0 Å². The van der Waals surface area contributed by atoms with Crippen molar-refractivity contribution in [2.75, 3.05) is 32.1 Å². The topological polar surface area (TPSA) is 109 Å². The summed E-state index contributed by atoms with van der Waals surface area (Å²) in [7, 11) is 1.43. The van der Waals surface area contributed by atoms with Gasteiger partial charge in [0.15, 0.2) is 5.75 Å². The van der Waals surface area contributed by atoms with Crippen molar-refractivity contribution in [3.8, 4) is 34.6 Å². The highest BCUT2D eigenvalue weighted by Gasteiger charge is 2.44. The molecule has 4 heterocycles. The number of fused-ring (bicyclic) bond motifs is 1. The summed E-state index contributed by atoms with van der Waals surface area (Å²) in [6.07, 6.45) is 4.54. The number of nitrogens with one attached hydrogen (secondary N) is 3. The number of carbonyl (C=O) groups is 2. The summed E-state index contributed by atoms with van der Waals surface area (Å²) >= 11 is 6.23. The number of aromatic amines is 1. The molecule has 3 aromatic rings. The molecular weight excluding hydrogens is 525 g/mol. The summed E-state index contributed by atoms with van der Waals surface area (Å²) in [5.74, 6) is 4.85. The minimum Gasteiger partial charge on any atom is -0.493 e. The molecule has 0 spiro atoms. The molecule has 1 atom stereocenters. The molecule has 0 unspecified atom stereocenters. The molecule has 202 valence electrons. The van der Waals surface area contributed by atoms with Crippen LogP contribution in [0.1, 0.15) is 36.3 Å². The van der Waals surface area contributed by atoms with E-state index in [1.807, 2.05) is 6.92 Å². The summed E-state index contributed by atoms with van der Waals surface area (Å²) in [6.45, 7) is 4.88. The molecule has 2 aromatic heterocycles. The maximum absolute atomic E-state index is 14.3. The van der Waals surface area contributed by atoms with Crippen LogP contribution < -0.4 is 20.1 Å². The number of ether oxygens (including phenoxy) is 2. The van der Waals surface area contributed by atoms with Crippen molar-refractivity contribution in [3.05, 3.63) is 52.7 Å². The molecule has 1 aromatic carbocycles. The fourth-order valence-electron chi connectivity index (χ4n) is 4.91. The lowest BCUT2D eigenvalue weighted by atomic mass is 9.87. The van der Waals surface area contributed by atoms with Crippen LogP contribution in [0.4, 0.5) is 15.8 Å². The van der Waals surface area contributed by atoms with E-state index in [0.717, 1.165) is 18.2 Å². The van der Waals surface area contributed by atoms with Crippen molar-refractivity contribution in [3.63, 3.8) is 0 Å². The number of carbonyl (C=O) groups excluding carboxylic acids is 2. The maximum Gasteiger partial charge on any atom is 0.299 e. The Hall–Kier alpha value is -4.23. The van der Waals surface area contributed by atoms with E-state index in [1.165, 1.54) is 13.2 Å². The average Bonchev–Trinajstić information content (AvgIpc) is 3.26. The van der Waals surface area contributed by atoms with Crippen molar-refractivity contribution in [1.29, 1.82) is 0 Å². The molecule has 2 aliphatic rings. The summed E-state index contributed by atoms with van der Waals surface area (Å²) in [4.78, 5) is 34.7. The number of benzene rings is 1. The van der Waals surface area contributed by atoms with Gasteiger partial charge in [0.2, 0.25) is 0 Å². The Balaban J connectivity index is 1.54. The standard InChI is InChI=1S/C28H27ClFN5O4/c1-4-5-22(36)35-11-8-28(35,2)15-39-21-14-31-9-6-17(21)24-25(23-19(33-24)7-10-32-27(23)37)34-20-13-16(30)12-18(29)26(20)38-3/h6,9,12-14,33-34H,7-8,10-11,15H2,1-3H3,(H,32,37)/t28-/m1/s1. The van der Waals surface area contributed by atoms with E-state index in [-0.39, 0.29) is 34.9 Å². The number of methoxy groups -OCH3 is 1. The molecule has 2 aliphatic heterocycles. The number of hydrogen-bond acceptors (Lipinski definition) is 6. The van der Waals surface area contributed by atoms with Crippen LogP contribution in [0.3, 0.4) is 0 Å². The first-order chi connectivity index (χ1) is 18.8. The quantitative estimate of drug-likeness (QED) is 0.378. The summed E-state index contributed by atoms with van der Waals surface area (Å²) in [5, 5.41) is 6.13. The van der Waals surface area contributed by atoms with Crippen LogP contribution in [-0.2, 0) is 11.2 Å². The van der Waals surface area contributed by atoms with Gasteiger partial charge in [-0.05, 0) is 38.3 Å². The Kier molecular flexibility index (Phi) is 7.10. The molecular formula is C28H27ClFN5O4. The van der Waals surface area contributed by atoms with E-state index in [9.17, 15) is 14.0 Å². The molecule has 0 saturated carbocycles. The average molecular weight is 552 g/mol. The van der Waals surface area contributed by atoms with Gasteiger partial charge in [-0.1, -0.05) is 17.5 Å². The third-order valence-corrected chi connectivity index (χ3v) is 7.31. The van der Waals surface area contributed by atoms with E-state index in [0.29, 0.717) is 47.8 Å². The van der Waals surface area contributed by atoms with Crippen LogP contribution in [0.25, 0.3) is 11.3 Å². The van der Waals surface area contributed by atoms with Gasteiger partial charge in [0.1, 0.15) is 18.2 Å². The normalized spacial score (nSPS) is 17.8. The SMILES string of the molecule is CC#CC(=O)N1CC[C@]1(C)COc1cnccc1-c1[nH]c2c(c1Nc1cc(F)cc(Cl)c1OC)C(=O)NCC2. The van der Waals surface area contributed by atoms with Gasteiger partial charge in [-0.3, -0.25) is 14.6 Å². The zero-order chi connectivity index (χ0) is 27.7. The van der Waals surface area contributed by atoms with Gasteiger partial charge in [-0.2, -0.15) is 0 Å². The maximum atomic E-state index is 14.3. The van der Waals surface area contributed by atoms with E-state index < -0.39 is 11.4 Å². The third-order valence-electron chi connectivity index (χ3n) is 7.03. The van der Waals surface area contributed by atoms with Crippen LogP contribution in [0.2, 0.25) is 5.02 Å². The van der Waals surface area contributed by atoms with E-state index in [4.69, 9.17) is 21.1 Å². The lowest BCUT2D eigenvalue weighted by Gasteiger charge is -2.49. The van der Waals surface area contributed by atoms with Crippen molar-refractivity contribution in [2.45, 2.75) is 32.2 Å². The molecule has 1 fully saturated rings. The number of H-pyrrole nitrogens is 1. The number of aromatic nitrogens is 2. The molecule has 2 amide bonds. The number of hydrogen-bond donors (Lipinski definition) is 3. The van der Waals surface area contributed by atoms with Crippen molar-refractivity contribution in [1.82, 2.24) is 20.2 Å². The smallest absolute Gasteiger partial charge is 0.299 e. The van der Waals surface area contributed by atoms with Gasteiger partial charge in [-0.15, -0.1) is 0 Å². The second-order valence-electron chi connectivity index (χ2n) is 9.57. The molecule has 0 aliphatic carbocycles. The van der Waals surface area contributed by atoms with Crippen molar-refractivity contribution < 1.29 is 23.5 Å². The van der Waals surface area contributed by atoms with Gasteiger partial charge in [-0.25, -0.2) is 4.39 Å². The second-order valence-corrected chi connectivity index (χ2v) is 9.97. The highest BCUT2D eigenvalue weighted by atomic mass is 35.5. The van der Waals surface area contributed by atoms with Gasteiger partial charge < -0.3 is 30.0 Å². The highest BCUT2D eigenvalue weighted by Crippen LogP contribution is 2.43. The van der Waals surface area contributed by atoms with Crippen LogP contribution >= 0.6 is 11.6 Å². The fourth-order valence-corrected chi connectivity index (χ4v) is 5.20. The molecule has 1 saturated heterocycles. The third kappa shape index (κ3) is 4.86. The van der Waals surface area contributed by atoms with E-state index >= 15 is 0 Å². The van der Waals surface area contributed by atoms with E-state index in [2.05, 4.69) is 32.4 Å². The Labute approximate surface area is 230 Å². The monoisotopic (exact) mass is 551 g/mol. The van der Waals surface area contributed by atoms with Gasteiger partial charge in [0, 0.05) is 43.0 Å². The minimum atomic E-state index is -0.563. The number of amides is 2. The second kappa shape index (κ2) is 10.5. The van der Waals surface area contributed by atoms with E-state index in [1.54, 1.807) is 30.3 Å². The first kappa shape index (κ1) is 26.4. The molecule has 5 rings (SSSR count). The first-order valence-electron chi connectivity index (χ1n) is 12.4. The Bertz CT molecular complexity index is 1530. The van der Waals surface area contributed by atoms with Crippen LogP contribution in [0.5, 0.6) is 11.5 Å². The fraction of sp³-hybridized carbons (Fsp3) is 0.321. The number of pyridine rings is 1. The number of halogens is 2. The largest absolute Gasteiger partial charge is 0.493 e. The number of rotatable bonds is 7. The van der Waals surface area contributed by atoms with Crippen molar-refractivity contribution in [2.24, 2.45) is 0 Å². The van der Waals surface area contributed by atoms with Crippen molar-refractivity contribution >= 4 is 34.8 Å². The minimum absolute atomic E-state index is 0.0870. The Morgan fingerprint density at radius 2 is 2.21 bits per heavy atom. The summed E-state index contributed by atoms with van der Waals surface area (Å²) in [6, 6.07) is 4.17. The summed E-state index contributed by atoms with van der Waals surface area (Å²) < 4.78 is 26.0. The lowest BCUT2D eigenvalue weighted by Crippen LogP contribution is -2.63. The first-order valence-corrected chi connectivity index (χ1v) is 12.8. The Morgan fingerprint density at radius 1 is 1.38 bits per heavy atom. The van der Waals surface area contributed by atoms with Crippen LogP contribution in [-0.4, -0.2) is 59.0 Å². The number of likely N-dealkylation sites (tertiary alicyclic amines) is 1. The molecule has 0 bridgehead atoms. The molecule has 11 heteroatoms. The highest BCUT2D eigenvalue weighted by molar-refractivity contribution is 6.32. The van der Waals surface area contributed by atoms with Crippen LogP contribution in [0.15, 0.2) is 30.6 Å². The lowest BCUT2D eigenvalue weighted by molar-refractivity contribution is -0.141. The zero-order valence-corrected chi connectivity index (χ0v) is 22.5. The zero-order valence-electron chi connectivity index (χ0n) is 21.7. The summed E-state index contributed by atoms with van der Waals surface area (Å²) in [5.41, 5.74) is 2.47. The van der Waals surface area contributed by atoms with Gasteiger partial charge in [0.05, 0.1) is 46.5 Å². The molecule has 39 heavy (non-hydrogen) atoms. The van der Waals surface area contributed by atoms with Gasteiger partial charge in [0.25, 0.3) is 11.8 Å². The molecule has 9 nitrogen and oxygen atoms in total. The Morgan fingerprint density at radius 3 is 2.92 bits per heavy atom.